The number of hydrogen-bond acceptors (Lipinski definition) is 4. The third-order valence-electron chi connectivity index (χ3n) is 3.39. The monoisotopic (exact) mass is 407 g/mol. The number of hydrazone groups is 1. The Bertz CT molecular complexity index is 436. The molecule has 107 valence electrons. The van der Waals surface area contributed by atoms with Crippen LogP contribution in [0.1, 0.15) is 20.8 Å². The van der Waals surface area contributed by atoms with Crippen LogP contribution in [0.15, 0.2) is 35.4 Å². The standard InChI is InChI=1S/C14H20N2O2.Tb/c1-9(2)13(17)12-10(3)15-16(14(12)18)11-7-5-4-6-8-11;/h4-9,12-14,17-18H,1-3H3;. The van der Waals surface area contributed by atoms with Gasteiger partial charge in [0, 0.05) is 44.3 Å². The summed E-state index contributed by atoms with van der Waals surface area (Å²) in [7, 11) is 0. The van der Waals surface area contributed by atoms with E-state index < -0.39 is 12.3 Å². The molecule has 0 aliphatic carbocycles. The van der Waals surface area contributed by atoms with Gasteiger partial charge in [0.2, 0.25) is 0 Å². The predicted octanol–water partition coefficient (Wildman–Crippen LogP) is 1.83. The van der Waals surface area contributed by atoms with E-state index in [1.165, 1.54) is 0 Å². The first-order valence-corrected chi connectivity index (χ1v) is 6.28. The number of hydrogen-bond donors (Lipinski definition) is 2. The minimum atomic E-state index is -0.801. The molecule has 1 heterocycles. The molecule has 1 radical (unpaired) electrons. The average Bonchev–Trinajstić information content (AvgIpc) is 2.65. The van der Waals surface area contributed by atoms with E-state index in [1.54, 1.807) is 5.01 Å². The van der Waals surface area contributed by atoms with Gasteiger partial charge >= 0.3 is 0 Å². The maximum atomic E-state index is 10.3. The van der Waals surface area contributed by atoms with Crippen LogP contribution in [0.2, 0.25) is 0 Å². The van der Waals surface area contributed by atoms with Gasteiger partial charge in [-0.3, -0.25) is 0 Å². The Morgan fingerprint density at radius 2 is 1.79 bits per heavy atom. The summed E-state index contributed by atoms with van der Waals surface area (Å²) in [4.78, 5) is 0. The SMILES string of the molecule is CC1=NN(c2ccccc2)C(O)C1C(O)C(C)C.[Tb]. The second kappa shape index (κ2) is 7.06. The summed E-state index contributed by atoms with van der Waals surface area (Å²) in [5, 5.41) is 26.4. The Kier molecular flexibility index (Phi) is 6.30. The van der Waals surface area contributed by atoms with Crippen molar-refractivity contribution in [3.63, 3.8) is 0 Å². The number of aliphatic hydroxyl groups is 2. The zero-order valence-electron chi connectivity index (χ0n) is 11.3. The first-order chi connectivity index (χ1) is 8.52. The topological polar surface area (TPSA) is 56.1 Å². The second-order valence-electron chi connectivity index (χ2n) is 5.10. The van der Waals surface area contributed by atoms with Gasteiger partial charge in [-0.05, 0) is 25.0 Å². The van der Waals surface area contributed by atoms with Gasteiger partial charge in [-0.1, -0.05) is 32.0 Å². The van der Waals surface area contributed by atoms with Crippen LogP contribution in [0, 0.1) is 50.4 Å². The normalized spacial score (nSPS) is 24.1. The van der Waals surface area contributed by atoms with E-state index in [4.69, 9.17) is 0 Å². The first kappa shape index (κ1) is 16.9. The molecule has 0 saturated heterocycles. The maximum Gasteiger partial charge on any atom is 0.158 e. The molecule has 0 saturated carbocycles. The predicted molar refractivity (Wildman–Crippen MR) is 72.4 cm³/mol. The van der Waals surface area contributed by atoms with Gasteiger partial charge in [0.05, 0.1) is 17.7 Å². The van der Waals surface area contributed by atoms with Crippen molar-refractivity contribution in [3.05, 3.63) is 30.3 Å². The number of rotatable bonds is 3. The third-order valence-corrected chi connectivity index (χ3v) is 3.39. The summed E-state index contributed by atoms with van der Waals surface area (Å²) >= 11 is 0. The van der Waals surface area contributed by atoms with Crippen LogP contribution in [-0.2, 0) is 0 Å². The fourth-order valence-corrected chi connectivity index (χ4v) is 2.29. The van der Waals surface area contributed by atoms with E-state index in [0.717, 1.165) is 11.4 Å². The number of aliphatic hydroxyl groups excluding tert-OH is 2. The Hall–Kier alpha value is -0.104. The minimum Gasteiger partial charge on any atom is -0.392 e. The summed E-state index contributed by atoms with van der Waals surface area (Å²) in [6.07, 6.45) is -1.39. The Morgan fingerprint density at radius 3 is 2.32 bits per heavy atom. The van der Waals surface area contributed by atoms with Gasteiger partial charge in [0.25, 0.3) is 0 Å². The van der Waals surface area contributed by atoms with Crippen molar-refractivity contribution in [3.8, 4) is 0 Å². The molecule has 1 aromatic carbocycles. The first-order valence-electron chi connectivity index (χ1n) is 6.28. The van der Waals surface area contributed by atoms with Crippen molar-refractivity contribution >= 4 is 11.4 Å². The van der Waals surface area contributed by atoms with E-state index in [2.05, 4.69) is 5.10 Å². The molecule has 2 rings (SSSR count). The molecule has 3 atom stereocenters. The molecule has 1 aliphatic rings. The van der Waals surface area contributed by atoms with Crippen molar-refractivity contribution in [2.24, 2.45) is 16.9 Å². The van der Waals surface area contributed by atoms with Crippen molar-refractivity contribution in [1.82, 2.24) is 0 Å². The number of nitrogens with zero attached hydrogens (tertiary/aromatic N) is 2. The van der Waals surface area contributed by atoms with Gasteiger partial charge in [0.15, 0.2) is 6.23 Å². The molecule has 0 bridgehead atoms. The molecular weight excluding hydrogens is 387 g/mol. The van der Waals surface area contributed by atoms with Gasteiger partial charge in [-0.15, -0.1) is 0 Å². The van der Waals surface area contributed by atoms with Crippen LogP contribution < -0.4 is 5.01 Å². The van der Waals surface area contributed by atoms with Crippen molar-refractivity contribution < 1.29 is 48.8 Å². The van der Waals surface area contributed by atoms with Crippen molar-refractivity contribution in [2.45, 2.75) is 33.1 Å². The maximum absolute atomic E-state index is 10.3. The quantitative estimate of drug-likeness (QED) is 0.804. The molecule has 2 N–H and O–H groups in total. The molecule has 5 heteroatoms. The second-order valence-corrected chi connectivity index (χ2v) is 5.10. The molecule has 1 aliphatic heterocycles. The summed E-state index contributed by atoms with van der Waals surface area (Å²) < 4.78 is 0. The number of anilines is 1. The molecule has 4 nitrogen and oxygen atoms in total. The fourth-order valence-electron chi connectivity index (χ4n) is 2.29. The molecule has 1 aromatic rings. The molecule has 0 amide bonds. The zero-order chi connectivity index (χ0) is 13.3. The van der Waals surface area contributed by atoms with E-state index in [1.807, 2.05) is 51.1 Å². The van der Waals surface area contributed by atoms with E-state index >= 15 is 0 Å². The molecule has 3 unspecified atom stereocenters. The van der Waals surface area contributed by atoms with Crippen LogP contribution >= 0.6 is 0 Å². The number of para-hydroxylation sites is 1. The molecular formula is C14H20N2O2Tb. The Balaban J connectivity index is 0.00000180. The fraction of sp³-hybridized carbons (Fsp3) is 0.500. The van der Waals surface area contributed by atoms with Crippen LogP contribution in [-0.4, -0.2) is 28.3 Å². The van der Waals surface area contributed by atoms with E-state index in [0.29, 0.717) is 0 Å². The average molecular weight is 407 g/mol. The molecule has 0 fully saturated rings. The zero-order valence-corrected chi connectivity index (χ0v) is 13.5. The minimum absolute atomic E-state index is 0. The summed E-state index contributed by atoms with van der Waals surface area (Å²) in [5.74, 6) is -0.240. The summed E-state index contributed by atoms with van der Waals surface area (Å²) in [6.45, 7) is 5.73. The van der Waals surface area contributed by atoms with Crippen LogP contribution in [0.25, 0.3) is 0 Å². The Labute approximate surface area is 144 Å². The van der Waals surface area contributed by atoms with Crippen LogP contribution in [0.4, 0.5) is 5.69 Å². The van der Waals surface area contributed by atoms with Gasteiger partial charge in [-0.25, -0.2) is 5.01 Å². The van der Waals surface area contributed by atoms with Gasteiger partial charge in [0.1, 0.15) is 0 Å². The molecule has 0 aromatic heterocycles. The summed E-state index contributed by atoms with van der Waals surface area (Å²) in [6, 6.07) is 9.51. The summed E-state index contributed by atoms with van der Waals surface area (Å²) in [5.41, 5.74) is 1.61. The molecule has 0 spiro atoms. The van der Waals surface area contributed by atoms with Crippen molar-refractivity contribution in [2.75, 3.05) is 5.01 Å². The van der Waals surface area contributed by atoms with Gasteiger partial charge in [-0.2, -0.15) is 5.10 Å². The van der Waals surface area contributed by atoms with Crippen molar-refractivity contribution in [1.29, 1.82) is 0 Å². The molecule has 19 heavy (non-hydrogen) atoms. The van der Waals surface area contributed by atoms with E-state index in [9.17, 15) is 10.2 Å². The van der Waals surface area contributed by atoms with E-state index in [-0.39, 0.29) is 50.4 Å². The largest absolute Gasteiger partial charge is 0.392 e. The van der Waals surface area contributed by atoms with Gasteiger partial charge < -0.3 is 10.2 Å². The number of benzene rings is 1. The third kappa shape index (κ3) is 3.51. The Morgan fingerprint density at radius 1 is 1.21 bits per heavy atom. The smallest absolute Gasteiger partial charge is 0.158 e. The van der Waals surface area contributed by atoms with Crippen LogP contribution in [0.5, 0.6) is 0 Å². The van der Waals surface area contributed by atoms with Crippen LogP contribution in [0.3, 0.4) is 0 Å².